The Hall–Kier alpha value is -13.1. The third-order valence-electron chi connectivity index (χ3n) is 16.0. The molecule has 31 heteroatoms. The Morgan fingerprint density at radius 3 is 1.49 bits per heavy atom. The zero-order valence-corrected chi connectivity index (χ0v) is 55.2. The molecule has 530 valence electrons. The number of nitrogens with two attached hydrogens (primary N) is 1. The van der Waals surface area contributed by atoms with Crippen LogP contribution in [0.2, 0.25) is 5.02 Å². The molecule has 15 rings (SSSR count). The highest BCUT2D eigenvalue weighted by Crippen LogP contribution is 2.34. The summed E-state index contributed by atoms with van der Waals surface area (Å²) in [6.07, 6.45) is -5.06. The van der Waals surface area contributed by atoms with Crippen molar-refractivity contribution in [1.29, 1.82) is 0 Å². The SMILES string of the molecule is Cc1nocc1C(=O)Nc1nn(Cc2ccc(F)cc2)c2ccccc12.Nc1nn(Cc2ccc(F)cc2)c2ccccc12.O=C(Nc1nn(Cc2ccc(C(F)(F)F)cc2)c2ccccc12)c1cc(F)ccc1F.O=C(Nc1nn(Cc2ccc(C(F)(F)F)nc2)c2cccc(Cl)c12)c1cccnn1. The maximum Gasteiger partial charge on any atom is 0.433 e. The number of alkyl halides is 6. The predicted molar refractivity (Wildman–Crippen MR) is 372 cm³/mol. The van der Waals surface area contributed by atoms with E-state index in [0.717, 1.165) is 75.5 Å². The fourth-order valence-electron chi connectivity index (χ4n) is 10.8. The Morgan fingerprint density at radius 1 is 0.486 bits per heavy atom. The first-order chi connectivity index (χ1) is 50.4. The number of nitrogens with zero attached hydrogens (tertiary/aromatic N) is 12. The van der Waals surface area contributed by atoms with Gasteiger partial charge in [0.1, 0.15) is 40.8 Å². The summed E-state index contributed by atoms with van der Waals surface area (Å²) >= 11 is 6.31. The molecule has 0 aliphatic heterocycles. The summed E-state index contributed by atoms with van der Waals surface area (Å²) in [5.74, 6) is -2.59. The minimum absolute atomic E-state index is 0.0965. The molecule has 0 atom stereocenters. The molecule has 0 unspecified atom stereocenters. The Labute approximate surface area is 592 Å². The van der Waals surface area contributed by atoms with Crippen LogP contribution in [0.4, 0.5) is 67.2 Å². The van der Waals surface area contributed by atoms with Crippen molar-refractivity contribution in [1.82, 2.24) is 59.5 Å². The lowest BCUT2D eigenvalue weighted by Gasteiger charge is -2.08. The summed E-state index contributed by atoms with van der Waals surface area (Å²) in [4.78, 5) is 40.8. The molecule has 8 aromatic carbocycles. The highest BCUT2D eigenvalue weighted by molar-refractivity contribution is 6.36. The van der Waals surface area contributed by atoms with Crippen molar-refractivity contribution in [2.75, 3.05) is 21.7 Å². The quantitative estimate of drug-likeness (QED) is 0.0741. The first kappa shape index (κ1) is 71.7. The molecule has 7 heterocycles. The summed E-state index contributed by atoms with van der Waals surface area (Å²) in [5.41, 5.74) is 10.7. The summed E-state index contributed by atoms with van der Waals surface area (Å²) in [6.45, 7) is 3.01. The van der Waals surface area contributed by atoms with Gasteiger partial charge in [-0.2, -0.15) is 51.8 Å². The van der Waals surface area contributed by atoms with Gasteiger partial charge in [0, 0.05) is 28.6 Å². The lowest BCUT2D eigenvalue weighted by Crippen LogP contribution is -2.15. The Bertz CT molecular complexity index is 5610. The minimum Gasteiger partial charge on any atom is -0.382 e. The Morgan fingerprint density at radius 2 is 0.962 bits per heavy atom. The predicted octanol–water partition coefficient (Wildman–Crippen LogP) is 16.4. The number of carbonyl (C=O) groups is 3. The van der Waals surface area contributed by atoms with Crippen molar-refractivity contribution in [3.8, 4) is 0 Å². The fourth-order valence-corrected chi connectivity index (χ4v) is 11.1. The van der Waals surface area contributed by atoms with Crippen molar-refractivity contribution in [2.45, 2.75) is 45.5 Å². The highest BCUT2D eigenvalue weighted by Gasteiger charge is 2.33. The van der Waals surface area contributed by atoms with Gasteiger partial charge in [0.05, 0.1) is 75.5 Å². The van der Waals surface area contributed by atoms with Crippen LogP contribution in [0.15, 0.2) is 229 Å². The van der Waals surface area contributed by atoms with Crippen LogP contribution in [0.1, 0.15) is 70.4 Å². The van der Waals surface area contributed by atoms with E-state index in [1.807, 2.05) is 53.2 Å². The first-order valence-electron chi connectivity index (χ1n) is 31.4. The molecule has 0 aliphatic rings. The van der Waals surface area contributed by atoms with Crippen LogP contribution >= 0.6 is 11.6 Å². The monoisotopic (exact) mass is 1450 g/mol. The van der Waals surface area contributed by atoms with E-state index in [-0.39, 0.29) is 48.0 Å². The van der Waals surface area contributed by atoms with Gasteiger partial charge in [-0.1, -0.05) is 102 Å². The topological polar surface area (TPSA) is 249 Å². The average Bonchev–Trinajstić information content (AvgIpc) is 1.66. The van der Waals surface area contributed by atoms with Crippen LogP contribution < -0.4 is 21.7 Å². The number of benzene rings is 8. The number of hydrogen-bond acceptors (Lipinski definition) is 13. The maximum absolute atomic E-state index is 13.9. The number of nitrogen functional groups attached to an aromatic ring is 1. The van der Waals surface area contributed by atoms with Crippen molar-refractivity contribution in [2.24, 2.45) is 0 Å². The summed E-state index contributed by atoms with van der Waals surface area (Å²) in [7, 11) is 0. The number of hydrogen-bond donors (Lipinski definition) is 4. The third kappa shape index (κ3) is 17.1. The number of pyridine rings is 1. The number of fused-ring (bicyclic) bond motifs is 4. The van der Waals surface area contributed by atoms with Gasteiger partial charge in [-0.05, 0) is 151 Å². The lowest BCUT2D eigenvalue weighted by molar-refractivity contribution is -0.141. The normalized spacial score (nSPS) is 11.4. The number of amides is 3. The largest absolute Gasteiger partial charge is 0.433 e. The van der Waals surface area contributed by atoms with Crippen molar-refractivity contribution in [3.05, 3.63) is 309 Å². The molecule has 0 saturated carbocycles. The van der Waals surface area contributed by atoms with Crippen molar-refractivity contribution in [3.63, 3.8) is 0 Å². The van der Waals surface area contributed by atoms with Gasteiger partial charge in [0.15, 0.2) is 29.0 Å². The molecule has 7 aromatic heterocycles. The van der Waals surface area contributed by atoms with Crippen LogP contribution in [0.5, 0.6) is 0 Å². The summed E-state index contributed by atoms with van der Waals surface area (Å²) < 4.78 is 141. The van der Waals surface area contributed by atoms with E-state index in [1.165, 1.54) is 70.4 Å². The van der Waals surface area contributed by atoms with Gasteiger partial charge in [-0.15, -0.1) is 5.10 Å². The Kier molecular flexibility index (Phi) is 21.2. The second kappa shape index (κ2) is 31.0. The Balaban J connectivity index is 0.000000134. The molecule has 0 fully saturated rings. The summed E-state index contributed by atoms with van der Waals surface area (Å²) in [6, 6.07) is 52.5. The van der Waals surface area contributed by atoms with Crippen LogP contribution in [0, 0.1) is 30.2 Å². The van der Waals surface area contributed by atoms with Crippen LogP contribution in [0.25, 0.3) is 43.6 Å². The summed E-state index contributed by atoms with van der Waals surface area (Å²) in [5, 5.41) is 39.8. The van der Waals surface area contributed by atoms with Gasteiger partial charge in [-0.3, -0.25) is 38.1 Å². The molecule has 0 radical (unpaired) electrons. The minimum atomic E-state index is -4.51. The molecule has 3 amide bonds. The van der Waals surface area contributed by atoms with Crippen LogP contribution in [0.3, 0.4) is 0 Å². The van der Waals surface area contributed by atoms with Gasteiger partial charge < -0.3 is 26.2 Å². The number of para-hydroxylation sites is 3. The van der Waals surface area contributed by atoms with Gasteiger partial charge >= 0.3 is 12.4 Å². The molecule has 0 saturated heterocycles. The molecular weight excluding hydrogens is 1400 g/mol. The number of anilines is 4. The molecule has 15 aromatic rings. The fraction of sp³-hybridized carbons (Fsp3) is 0.0946. The van der Waals surface area contributed by atoms with Crippen LogP contribution in [-0.4, -0.2) is 77.2 Å². The number of carbonyl (C=O) groups excluding carboxylic acids is 3. The second-order valence-electron chi connectivity index (χ2n) is 23.2. The van der Waals surface area contributed by atoms with Crippen molar-refractivity contribution >= 4 is 96.2 Å². The third-order valence-corrected chi connectivity index (χ3v) is 16.3. The number of aryl methyl sites for hydroxylation is 1. The van der Waals surface area contributed by atoms with Crippen LogP contribution in [-0.2, 0) is 38.5 Å². The van der Waals surface area contributed by atoms with Gasteiger partial charge in [-0.25, -0.2) is 17.6 Å². The number of halogens is 11. The van der Waals surface area contributed by atoms with E-state index in [1.54, 1.807) is 84.4 Å². The van der Waals surface area contributed by atoms with Crippen molar-refractivity contribution < 1.29 is 62.8 Å². The van der Waals surface area contributed by atoms with E-state index in [9.17, 15) is 58.3 Å². The van der Waals surface area contributed by atoms with E-state index in [2.05, 4.69) is 56.7 Å². The number of nitrogens with one attached hydrogen (secondary N) is 3. The molecule has 5 N–H and O–H groups in total. The zero-order chi connectivity index (χ0) is 74.1. The second-order valence-corrected chi connectivity index (χ2v) is 23.6. The maximum atomic E-state index is 13.9. The van der Waals surface area contributed by atoms with E-state index >= 15 is 0 Å². The van der Waals surface area contributed by atoms with Gasteiger partial charge in [0.25, 0.3) is 17.7 Å². The standard InChI is InChI=1S/C22H14F5N3O.C19H12ClF3N6O.C19H15FN4O2.C14H12FN3/c23-15-9-10-18(24)17(11-15)21(31)28-20-16-3-1-2-4-19(16)30(29-20)12-13-5-7-14(8-6-13)22(25,26)27;20-12-3-1-5-14-16(12)17(26-18(30)13-4-2-8-25-27-13)28-29(14)10-11-6-7-15(24-9-11)19(21,22)23;1-12-16(11-26-23-12)19(25)21-18-15-4-2-3-5-17(15)24(22-18)10-13-6-8-14(20)9-7-13;15-11-7-5-10(6-8-11)9-18-13-4-2-1-3-12(13)14(16)17-18/h1-11H,12H2,(H,28,29,31);1-9H,10H2,(H,26,28,30);2-9,11H,10H2,1H3,(H,21,22,25);1-8H,9H2,(H2,16,17). The van der Waals surface area contributed by atoms with E-state index < -0.39 is 52.6 Å². The molecule has 20 nitrogen and oxygen atoms in total. The lowest BCUT2D eigenvalue weighted by atomic mass is 10.1. The molecular formula is C74H53ClF10N16O4. The van der Waals surface area contributed by atoms with E-state index in [4.69, 9.17) is 21.9 Å². The smallest absolute Gasteiger partial charge is 0.382 e. The highest BCUT2D eigenvalue weighted by atomic mass is 35.5. The molecule has 0 aliphatic carbocycles. The number of rotatable bonds is 14. The van der Waals surface area contributed by atoms with Gasteiger partial charge in [0.2, 0.25) is 0 Å². The zero-order valence-electron chi connectivity index (χ0n) is 54.4. The molecule has 105 heavy (non-hydrogen) atoms. The first-order valence-corrected chi connectivity index (χ1v) is 31.8. The molecule has 0 bridgehead atoms. The average molecular weight is 1460 g/mol. The molecule has 0 spiro atoms. The number of aromatic nitrogens is 12. The van der Waals surface area contributed by atoms with E-state index in [0.29, 0.717) is 73.9 Å².